The van der Waals surface area contributed by atoms with Gasteiger partial charge in [0.05, 0.1) is 37.3 Å². The molecule has 0 radical (unpaired) electrons. The van der Waals surface area contributed by atoms with E-state index in [1.54, 1.807) is 4.90 Å². The summed E-state index contributed by atoms with van der Waals surface area (Å²) in [6.45, 7) is 6.96. The number of carbonyl (C=O) groups is 1. The number of likely N-dealkylation sites (tertiary alicyclic amines) is 1. The highest BCUT2D eigenvalue weighted by Crippen LogP contribution is 2.31. The van der Waals surface area contributed by atoms with Gasteiger partial charge in [-0.1, -0.05) is 19.1 Å². The normalized spacial score (nSPS) is 17.4. The van der Waals surface area contributed by atoms with E-state index in [9.17, 15) is 9.90 Å². The summed E-state index contributed by atoms with van der Waals surface area (Å²) in [5, 5.41) is 9.55. The van der Waals surface area contributed by atoms with Gasteiger partial charge in [0.25, 0.3) is 11.9 Å². The Kier molecular flexibility index (Phi) is 5.92. The maximum Gasteiger partial charge on any atom is 0.298 e. The van der Waals surface area contributed by atoms with E-state index in [-0.39, 0.29) is 12.0 Å². The van der Waals surface area contributed by atoms with Gasteiger partial charge < -0.3 is 24.4 Å². The van der Waals surface area contributed by atoms with E-state index >= 15 is 0 Å². The lowest BCUT2D eigenvalue weighted by atomic mass is 10.1. The molecular formula is C25H30N8O4. The number of aliphatic hydroxyl groups excluding tert-OH is 1. The minimum Gasteiger partial charge on any atom is -0.458 e. The number of fused-ring (bicyclic) bond motifs is 2. The zero-order valence-electron chi connectivity index (χ0n) is 21.2. The van der Waals surface area contributed by atoms with Crippen molar-refractivity contribution >= 4 is 33.9 Å². The predicted molar refractivity (Wildman–Crippen MR) is 136 cm³/mol. The molecule has 2 fully saturated rings. The molecule has 1 atom stereocenters. The Bertz CT molecular complexity index is 1470. The second kappa shape index (κ2) is 9.27. The molecule has 0 spiro atoms. The van der Waals surface area contributed by atoms with Crippen molar-refractivity contribution in [1.29, 1.82) is 0 Å². The Morgan fingerprint density at radius 2 is 1.92 bits per heavy atom. The first kappa shape index (κ1) is 23.6. The average Bonchev–Trinajstić information content (AvgIpc) is 3.42. The molecule has 2 aliphatic heterocycles. The molecule has 1 amide bonds. The van der Waals surface area contributed by atoms with Gasteiger partial charge in [-0.3, -0.25) is 13.9 Å². The van der Waals surface area contributed by atoms with E-state index in [0.717, 1.165) is 29.1 Å². The Morgan fingerprint density at radius 3 is 2.65 bits per heavy atom. The molecule has 6 rings (SSSR count). The Morgan fingerprint density at radius 1 is 1.16 bits per heavy atom. The maximum atomic E-state index is 12.0. The van der Waals surface area contributed by atoms with Crippen molar-refractivity contribution in [1.82, 2.24) is 34.0 Å². The van der Waals surface area contributed by atoms with Crippen LogP contribution < -0.4 is 9.64 Å². The molecule has 194 valence electrons. The molecule has 0 bridgehead atoms. The lowest BCUT2D eigenvalue weighted by molar-refractivity contribution is -0.148. The lowest BCUT2D eigenvalue weighted by Gasteiger charge is -2.39. The van der Waals surface area contributed by atoms with Gasteiger partial charge in [0.15, 0.2) is 17.0 Å². The van der Waals surface area contributed by atoms with Crippen molar-refractivity contribution in [3.63, 3.8) is 0 Å². The first-order valence-electron chi connectivity index (χ1n) is 12.6. The summed E-state index contributed by atoms with van der Waals surface area (Å²) in [6.07, 6.45) is -0.498. The molecule has 1 aromatic carbocycles. The average molecular weight is 507 g/mol. The van der Waals surface area contributed by atoms with Gasteiger partial charge in [0.2, 0.25) is 5.95 Å². The van der Waals surface area contributed by atoms with Crippen LogP contribution in [0.4, 0.5) is 5.82 Å². The molecule has 1 unspecified atom stereocenters. The van der Waals surface area contributed by atoms with Crippen LogP contribution in [-0.2, 0) is 23.0 Å². The number of ether oxygens (including phenoxy) is 2. The standard InChI is InChI=1S/C25H30N8O4/c1-4-19-26-17-7-5-6-8-18(17)33(19)24-28-21-20(22(29-24)31-9-11-36-12-10-31)27-25(30(21)3)37-16-13-32(14-16)23(35)15(2)34/h5-8,15-16,34H,4,9-14H2,1-3H3. The molecule has 4 aromatic rings. The Balaban J connectivity index is 1.42. The monoisotopic (exact) mass is 506 g/mol. The van der Waals surface area contributed by atoms with E-state index in [1.165, 1.54) is 6.92 Å². The molecule has 5 heterocycles. The predicted octanol–water partition coefficient (Wildman–Crippen LogP) is 1.07. The van der Waals surface area contributed by atoms with Crippen molar-refractivity contribution in [2.75, 3.05) is 44.3 Å². The van der Waals surface area contributed by atoms with E-state index < -0.39 is 6.10 Å². The number of morpholine rings is 1. The fourth-order valence-electron chi connectivity index (χ4n) is 4.86. The zero-order valence-corrected chi connectivity index (χ0v) is 21.2. The van der Waals surface area contributed by atoms with E-state index in [0.29, 0.717) is 62.5 Å². The SMILES string of the molecule is CCc1nc2ccccc2n1-c1nc(N2CCOCC2)c2nc(OC3CN(C(=O)C(C)O)C3)n(C)c2n1. The van der Waals surface area contributed by atoms with Crippen molar-refractivity contribution in [2.45, 2.75) is 32.5 Å². The summed E-state index contributed by atoms with van der Waals surface area (Å²) in [6, 6.07) is 8.40. The first-order chi connectivity index (χ1) is 17.9. The van der Waals surface area contributed by atoms with Crippen LogP contribution in [0.5, 0.6) is 6.01 Å². The summed E-state index contributed by atoms with van der Waals surface area (Å²) < 4.78 is 15.6. The molecule has 12 heteroatoms. The third-order valence-corrected chi connectivity index (χ3v) is 6.89. The number of aryl methyl sites for hydroxylation is 2. The highest BCUT2D eigenvalue weighted by atomic mass is 16.5. The number of anilines is 1. The van der Waals surface area contributed by atoms with Gasteiger partial charge in [-0.2, -0.15) is 15.0 Å². The summed E-state index contributed by atoms with van der Waals surface area (Å²) in [5.41, 5.74) is 3.15. The fraction of sp³-hybridized carbons (Fsp3) is 0.480. The lowest BCUT2D eigenvalue weighted by Crippen LogP contribution is -2.58. The van der Waals surface area contributed by atoms with Crippen LogP contribution in [0.2, 0.25) is 0 Å². The number of nitrogens with zero attached hydrogens (tertiary/aromatic N) is 8. The Labute approximate surface area is 213 Å². The van der Waals surface area contributed by atoms with Crippen LogP contribution in [0.15, 0.2) is 24.3 Å². The van der Waals surface area contributed by atoms with Gasteiger partial charge in [-0.25, -0.2) is 4.98 Å². The van der Waals surface area contributed by atoms with E-state index in [1.807, 2.05) is 40.4 Å². The van der Waals surface area contributed by atoms with Crippen LogP contribution in [0, 0.1) is 0 Å². The summed E-state index contributed by atoms with van der Waals surface area (Å²) in [7, 11) is 1.87. The molecule has 2 saturated heterocycles. The number of imidazole rings is 2. The summed E-state index contributed by atoms with van der Waals surface area (Å²) in [5.74, 6) is 1.85. The number of amides is 1. The Hall–Kier alpha value is -3.77. The molecular weight excluding hydrogens is 476 g/mol. The van der Waals surface area contributed by atoms with Crippen molar-refractivity contribution in [3.8, 4) is 12.0 Å². The summed E-state index contributed by atoms with van der Waals surface area (Å²) >= 11 is 0. The topological polar surface area (TPSA) is 124 Å². The maximum absolute atomic E-state index is 12.0. The van der Waals surface area contributed by atoms with E-state index in [4.69, 9.17) is 29.4 Å². The van der Waals surface area contributed by atoms with Crippen LogP contribution >= 0.6 is 0 Å². The van der Waals surface area contributed by atoms with Crippen LogP contribution in [0.1, 0.15) is 19.7 Å². The number of para-hydroxylation sites is 2. The van der Waals surface area contributed by atoms with Crippen molar-refractivity contribution in [3.05, 3.63) is 30.1 Å². The molecule has 1 N–H and O–H groups in total. The van der Waals surface area contributed by atoms with Gasteiger partial charge in [0, 0.05) is 26.6 Å². The second-order valence-corrected chi connectivity index (χ2v) is 9.44. The van der Waals surface area contributed by atoms with Gasteiger partial charge in [0.1, 0.15) is 18.0 Å². The number of aromatic nitrogens is 6. The first-order valence-corrected chi connectivity index (χ1v) is 12.6. The highest BCUT2D eigenvalue weighted by Gasteiger charge is 2.35. The number of rotatable bonds is 6. The minimum atomic E-state index is -1.02. The van der Waals surface area contributed by atoms with Crippen molar-refractivity contribution in [2.24, 2.45) is 7.05 Å². The summed E-state index contributed by atoms with van der Waals surface area (Å²) in [4.78, 5) is 35.3. The van der Waals surface area contributed by atoms with Gasteiger partial charge >= 0.3 is 0 Å². The number of carbonyl (C=O) groups excluding carboxylic acids is 1. The molecule has 3 aromatic heterocycles. The van der Waals surface area contributed by atoms with Crippen LogP contribution in [0.3, 0.4) is 0 Å². The van der Waals surface area contributed by atoms with Gasteiger partial charge in [-0.15, -0.1) is 0 Å². The number of hydrogen-bond donors (Lipinski definition) is 1. The number of benzene rings is 1. The second-order valence-electron chi connectivity index (χ2n) is 9.44. The van der Waals surface area contributed by atoms with Crippen LogP contribution in [-0.4, -0.2) is 96.6 Å². The zero-order chi connectivity index (χ0) is 25.7. The third kappa shape index (κ3) is 4.05. The van der Waals surface area contributed by atoms with Crippen molar-refractivity contribution < 1.29 is 19.4 Å². The molecule has 0 saturated carbocycles. The van der Waals surface area contributed by atoms with Gasteiger partial charge in [-0.05, 0) is 19.1 Å². The molecule has 2 aliphatic rings. The minimum absolute atomic E-state index is 0.207. The number of hydrogen-bond acceptors (Lipinski definition) is 9. The third-order valence-electron chi connectivity index (χ3n) is 6.89. The largest absolute Gasteiger partial charge is 0.458 e. The molecule has 37 heavy (non-hydrogen) atoms. The smallest absolute Gasteiger partial charge is 0.298 e. The molecule has 0 aliphatic carbocycles. The highest BCUT2D eigenvalue weighted by molar-refractivity contribution is 5.86. The van der Waals surface area contributed by atoms with E-state index in [2.05, 4.69) is 11.8 Å². The molecule has 12 nitrogen and oxygen atoms in total. The fourth-order valence-corrected chi connectivity index (χ4v) is 4.86. The van der Waals surface area contributed by atoms with Crippen LogP contribution in [0.25, 0.3) is 28.1 Å². The quantitative estimate of drug-likeness (QED) is 0.409. The number of aliphatic hydroxyl groups is 1.